The lowest BCUT2D eigenvalue weighted by atomic mass is 10.0. The summed E-state index contributed by atoms with van der Waals surface area (Å²) >= 11 is 12.2. The number of halogens is 2. The first-order valence-electron chi connectivity index (χ1n) is 8.00. The normalized spacial score (nSPS) is 20.6. The van der Waals surface area contributed by atoms with Gasteiger partial charge in [-0.05, 0) is 31.0 Å². The summed E-state index contributed by atoms with van der Waals surface area (Å²) in [4.78, 5) is 38.1. The maximum atomic E-state index is 12.2. The van der Waals surface area contributed by atoms with Crippen molar-refractivity contribution in [1.29, 1.82) is 0 Å². The van der Waals surface area contributed by atoms with E-state index in [4.69, 9.17) is 23.2 Å². The largest absolute Gasteiger partial charge is 0.368 e. The Kier molecular flexibility index (Phi) is 5.34. The van der Waals surface area contributed by atoms with Gasteiger partial charge in [0.2, 0.25) is 11.8 Å². The number of imide groups is 1. The van der Waals surface area contributed by atoms with Crippen molar-refractivity contribution >= 4 is 46.7 Å². The van der Waals surface area contributed by atoms with Crippen LogP contribution in [0, 0.1) is 0 Å². The van der Waals surface area contributed by atoms with E-state index in [1.807, 2.05) is 6.07 Å². The average molecular weight is 385 g/mol. The maximum Gasteiger partial charge on any atom is 0.325 e. The van der Waals surface area contributed by atoms with Gasteiger partial charge in [0.15, 0.2) is 0 Å². The number of amides is 4. The molecule has 2 fully saturated rings. The highest BCUT2D eigenvalue weighted by Gasteiger charge is 2.29. The summed E-state index contributed by atoms with van der Waals surface area (Å²) < 4.78 is 0. The molecule has 2 aliphatic heterocycles. The smallest absolute Gasteiger partial charge is 0.325 e. The summed E-state index contributed by atoms with van der Waals surface area (Å²) in [6.07, 6.45) is 1.76. The average Bonchev–Trinajstić information content (AvgIpc) is 2.85. The SMILES string of the molecule is O=C1CN(CC(=O)NC2CCCN(c3ccc(Cl)cc3Cl)C2)C(=O)N1. The molecular weight excluding hydrogens is 367 g/mol. The molecule has 0 aliphatic carbocycles. The summed E-state index contributed by atoms with van der Waals surface area (Å²) in [5, 5.41) is 6.23. The van der Waals surface area contributed by atoms with E-state index in [9.17, 15) is 14.4 Å². The van der Waals surface area contributed by atoms with Crippen molar-refractivity contribution in [2.24, 2.45) is 0 Å². The van der Waals surface area contributed by atoms with E-state index < -0.39 is 6.03 Å². The Bertz CT molecular complexity index is 713. The van der Waals surface area contributed by atoms with Gasteiger partial charge in [-0.2, -0.15) is 0 Å². The van der Waals surface area contributed by atoms with Crippen LogP contribution in [-0.4, -0.2) is 55.0 Å². The predicted molar refractivity (Wildman–Crippen MR) is 95.0 cm³/mol. The summed E-state index contributed by atoms with van der Waals surface area (Å²) in [5.41, 5.74) is 0.884. The van der Waals surface area contributed by atoms with Crippen molar-refractivity contribution in [2.75, 3.05) is 31.1 Å². The number of benzene rings is 1. The van der Waals surface area contributed by atoms with Crippen LogP contribution in [0.4, 0.5) is 10.5 Å². The first kappa shape index (κ1) is 17.8. The molecule has 2 saturated heterocycles. The summed E-state index contributed by atoms with van der Waals surface area (Å²) in [7, 11) is 0. The molecule has 2 N–H and O–H groups in total. The van der Waals surface area contributed by atoms with Gasteiger partial charge in [-0.1, -0.05) is 23.2 Å². The Labute approximate surface area is 155 Å². The van der Waals surface area contributed by atoms with Gasteiger partial charge in [-0.15, -0.1) is 0 Å². The first-order chi connectivity index (χ1) is 11.9. The van der Waals surface area contributed by atoms with Gasteiger partial charge in [0.1, 0.15) is 13.1 Å². The zero-order valence-electron chi connectivity index (χ0n) is 13.4. The molecule has 25 heavy (non-hydrogen) atoms. The second kappa shape index (κ2) is 7.49. The van der Waals surface area contributed by atoms with Crippen LogP contribution < -0.4 is 15.5 Å². The number of piperidine rings is 1. The maximum absolute atomic E-state index is 12.2. The number of hydrogen-bond acceptors (Lipinski definition) is 4. The molecule has 2 aliphatic rings. The fourth-order valence-corrected chi connectivity index (χ4v) is 3.64. The van der Waals surface area contributed by atoms with Gasteiger partial charge < -0.3 is 15.1 Å². The molecule has 0 saturated carbocycles. The molecule has 1 atom stereocenters. The van der Waals surface area contributed by atoms with E-state index in [1.54, 1.807) is 12.1 Å². The predicted octanol–water partition coefficient (Wildman–Crippen LogP) is 1.63. The fraction of sp³-hybridized carbons (Fsp3) is 0.438. The second-order valence-corrected chi connectivity index (χ2v) is 7.00. The van der Waals surface area contributed by atoms with Crippen LogP contribution >= 0.6 is 23.2 Å². The lowest BCUT2D eigenvalue weighted by Gasteiger charge is -2.35. The minimum Gasteiger partial charge on any atom is -0.368 e. The molecule has 1 unspecified atom stereocenters. The first-order valence-corrected chi connectivity index (χ1v) is 8.76. The summed E-state index contributed by atoms with van der Waals surface area (Å²) in [5.74, 6) is -0.669. The molecule has 4 amide bonds. The number of carbonyl (C=O) groups excluding carboxylic acids is 3. The van der Waals surface area contributed by atoms with Crippen LogP contribution in [-0.2, 0) is 9.59 Å². The Morgan fingerprint density at radius 3 is 2.80 bits per heavy atom. The van der Waals surface area contributed by atoms with Crippen LogP contribution in [0.3, 0.4) is 0 Å². The molecule has 1 aromatic carbocycles. The minimum absolute atomic E-state index is 0.0469. The number of carbonyl (C=O) groups is 3. The standard InChI is InChI=1S/C16H18Cl2N4O3/c17-10-3-4-13(12(18)6-10)21-5-1-2-11(7-21)19-14(23)8-22-9-15(24)20-16(22)25/h3-4,6,11H,1-2,5,7-9H2,(H,19,23)(H,20,24,25). The number of nitrogens with zero attached hydrogens (tertiary/aromatic N) is 2. The Balaban J connectivity index is 1.57. The fourth-order valence-electron chi connectivity index (χ4n) is 3.11. The van der Waals surface area contributed by atoms with Gasteiger partial charge in [0.25, 0.3) is 0 Å². The highest BCUT2D eigenvalue weighted by Crippen LogP contribution is 2.30. The zero-order chi connectivity index (χ0) is 18.0. The van der Waals surface area contributed by atoms with E-state index >= 15 is 0 Å². The van der Waals surface area contributed by atoms with Crippen LogP contribution in [0.1, 0.15) is 12.8 Å². The van der Waals surface area contributed by atoms with Crippen LogP contribution in [0.2, 0.25) is 10.0 Å². The van der Waals surface area contributed by atoms with E-state index in [0.29, 0.717) is 16.6 Å². The van der Waals surface area contributed by atoms with Crippen molar-refractivity contribution in [1.82, 2.24) is 15.5 Å². The summed E-state index contributed by atoms with van der Waals surface area (Å²) in [6.45, 7) is 1.26. The van der Waals surface area contributed by atoms with E-state index in [2.05, 4.69) is 15.5 Å². The number of anilines is 1. The quantitative estimate of drug-likeness (QED) is 0.772. The minimum atomic E-state index is -0.529. The zero-order valence-corrected chi connectivity index (χ0v) is 14.9. The summed E-state index contributed by atoms with van der Waals surface area (Å²) in [6, 6.07) is 4.78. The number of rotatable bonds is 4. The molecular formula is C16H18Cl2N4O3. The molecule has 0 aromatic heterocycles. The van der Waals surface area contributed by atoms with Gasteiger partial charge >= 0.3 is 6.03 Å². The van der Waals surface area contributed by atoms with Crippen molar-refractivity contribution in [3.63, 3.8) is 0 Å². The van der Waals surface area contributed by atoms with Crippen LogP contribution in [0.5, 0.6) is 0 Å². The van der Waals surface area contributed by atoms with Gasteiger partial charge in [0.05, 0.1) is 10.7 Å². The molecule has 1 aromatic rings. The highest BCUT2D eigenvalue weighted by atomic mass is 35.5. The molecule has 134 valence electrons. The number of urea groups is 1. The topological polar surface area (TPSA) is 81.8 Å². The third-order valence-electron chi connectivity index (χ3n) is 4.24. The molecule has 0 bridgehead atoms. The Morgan fingerprint density at radius 1 is 1.32 bits per heavy atom. The molecule has 3 rings (SSSR count). The molecule has 9 heteroatoms. The third kappa shape index (κ3) is 4.35. The molecule has 7 nitrogen and oxygen atoms in total. The van der Waals surface area contributed by atoms with Gasteiger partial charge in [0, 0.05) is 24.2 Å². The van der Waals surface area contributed by atoms with Crippen molar-refractivity contribution < 1.29 is 14.4 Å². The lowest BCUT2D eigenvalue weighted by Crippen LogP contribution is -2.50. The number of nitrogens with one attached hydrogen (secondary N) is 2. The second-order valence-electron chi connectivity index (χ2n) is 6.16. The molecule has 0 radical (unpaired) electrons. The third-order valence-corrected chi connectivity index (χ3v) is 4.78. The van der Waals surface area contributed by atoms with E-state index in [0.717, 1.165) is 25.1 Å². The highest BCUT2D eigenvalue weighted by molar-refractivity contribution is 6.36. The van der Waals surface area contributed by atoms with Gasteiger partial charge in [-0.25, -0.2) is 4.79 Å². The van der Waals surface area contributed by atoms with Crippen molar-refractivity contribution in [3.8, 4) is 0 Å². The lowest BCUT2D eigenvalue weighted by molar-refractivity contribution is -0.122. The van der Waals surface area contributed by atoms with Crippen molar-refractivity contribution in [2.45, 2.75) is 18.9 Å². The Hall–Kier alpha value is -1.99. The monoisotopic (exact) mass is 384 g/mol. The Morgan fingerprint density at radius 2 is 2.12 bits per heavy atom. The molecule has 0 spiro atoms. The number of hydrogen-bond donors (Lipinski definition) is 2. The van der Waals surface area contributed by atoms with Crippen LogP contribution in [0.15, 0.2) is 18.2 Å². The van der Waals surface area contributed by atoms with Crippen molar-refractivity contribution in [3.05, 3.63) is 28.2 Å². The van der Waals surface area contributed by atoms with Crippen LogP contribution in [0.25, 0.3) is 0 Å². The van der Waals surface area contributed by atoms with E-state index in [1.165, 1.54) is 4.90 Å². The molecule has 2 heterocycles. The van der Waals surface area contributed by atoms with Gasteiger partial charge in [-0.3, -0.25) is 14.9 Å². The van der Waals surface area contributed by atoms with E-state index in [-0.39, 0.29) is 30.9 Å².